The first kappa shape index (κ1) is 15.9. The molecule has 1 atom stereocenters. The predicted octanol–water partition coefficient (Wildman–Crippen LogP) is 2.77. The van der Waals surface area contributed by atoms with Gasteiger partial charge in [-0.2, -0.15) is 0 Å². The molecule has 0 bridgehead atoms. The molecule has 21 heavy (non-hydrogen) atoms. The van der Waals surface area contributed by atoms with Crippen LogP contribution in [0.5, 0.6) is 0 Å². The summed E-state index contributed by atoms with van der Waals surface area (Å²) in [6, 6.07) is 5.08. The number of aromatic nitrogens is 1. The van der Waals surface area contributed by atoms with Crippen LogP contribution in [0.15, 0.2) is 22.6 Å². The van der Waals surface area contributed by atoms with Crippen molar-refractivity contribution >= 4 is 40.0 Å². The van der Waals surface area contributed by atoms with Crippen LogP contribution >= 0.6 is 12.2 Å². The van der Waals surface area contributed by atoms with E-state index in [0.29, 0.717) is 23.4 Å². The van der Waals surface area contributed by atoms with Crippen LogP contribution in [0.2, 0.25) is 0 Å². The Hall–Kier alpha value is -1.47. The number of rotatable bonds is 4. The molecule has 0 spiro atoms. The fraction of sp³-hybridized carbons (Fsp3) is 0.429. The number of benzene rings is 1. The molecule has 0 saturated carbocycles. The molecule has 0 aliphatic rings. The fourth-order valence-electron chi connectivity index (χ4n) is 1.75. The summed E-state index contributed by atoms with van der Waals surface area (Å²) in [6.45, 7) is 6.12. The van der Waals surface area contributed by atoms with Crippen molar-refractivity contribution in [3.8, 4) is 0 Å². The zero-order chi connectivity index (χ0) is 15.6. The van der Waals surface area contributed by atoms with Crippen molar-refractivity contribution < 1.29 is 13.4 Å². The number of carbonyl (C=O) groups is 1. The maximum absolute atomic E-state index is 12.0. The highest BCUT2D eigenvalue weighted by Gasteiger charge is 2.19. The van der Waals surface area contributed by atoms with Gasteiger partial charge in [-0.3, -0.25) is 9.00 Å². The zero-order valence-electron chi connectivity index (χ0n) is 12.2. The van der Waals surface area contributed by atoms with Crippen LogP contribution < -0.4 is 5.32 Å². The largest absolute Gasteiger partial charge is 0.429 e. The smallest absolute Gasteiger partial charge is 0.266 e. The summed E-state index contributed by atoms with van der Waals surface area (Å²) in [5, 5.41) is 2.76. The number of carbonyl (C=O) groups excluding carboxylic acids is 1. The van der Waals surface area contributed by atoms with E-state index in [-0.39, 0.29) is 15.5 Å². The molecule has 1 aromatic carbocycles. The second-order valence-corrected chi connectivity index (χ2v) is 8.34. The van der Waals surface area contributed by atoms with Gasteiger partial charge in [-0.25, -0.2) is 0 Å². The van der Waals surface area contributed by atoms with Gasteiger partial charge in [0.2, 0.25) is 0 Å². The molecular weight excluding hydrogens is 308 g/mol. The Morgan fingerprint density at radius 2 is 2.14 bits per heavy atom. The molecule has 7 heteroatoms. The van der Waals surface area contributed by atoms with Gasteiger partial charge in [0.05, 0.1) is 5.52 Å². The predicted molar refractivity (Wildman–Crippen MR) is 86.5 cm³/mol. The first-order chi connectivity index (χ1) is 9.77. The second kappa shape index (κ2) is 6.11. The van der Waals surface area contributed by atoms with Crippen molar-refractivity contribution in [3.05, 3.63) is 28.6 Å². The zero-order valence-corrected chi connectivity index (χ0v) is 13.8. The minimum atomic E-state index is -0.981. The summed E-state index contributed by atoms with van der Waals surface area (Å²) in [4.78, 5) is 15.2. The maximum atomic E-state index is 12.0. The molecule has 114 valence electrons. The van der Waals surface area contributed by atoms with Gasteiger partial charge in [-0.1, -0.05) is 0 Å². The van der Waals surface area contributed by atoms with Gasteiger partial charge in [0, 0.05) is 33.4 Å². The van der Waals surface area contributed by atoms with Crippen molar-refractivity contribution in [3.63, 3.8) is 0 Å². The van der Waals surface area contributed by atoms with Crippen LogP contribution in [0, 0.1) is 4.84 Å². The number of hydrogen-bond donors (Lipinski definition) is 2. The van der Waals surface area contributed by atoms with E-state index in [1.54, 1.807) is 18.2 Å². The van der Waals surface area contributed by atoms with E-state index >= 15 is 0 Å². The summed E-state index contributed by atoms with van der Waals surface area (Å²) in [5.41, 5.74) is 1.79. The average molecular weight is 326 g/mol. The van der Waals surface area contributed by atoms with Crippen molar-refractivity contribution in [1.82, 2.24) is 10.3 Å². The van der Waals surface area contributed by atoms with E-state index < -0.39 is 10.8 Å². The van der Waals surface area contributed by atoms with E-state index in [1.807, 2.05) is 20.8 Å². The Labute approximate surface area is 130 Å². The Balaban J connectivity index is 1.99. The summed E-state index contributed by atoms with van der Waals surface area (Å²) in [6.07, 6.45) is 0. The van der Waals surface area contributed by atoms with Gasteiger partial charge in [-0.15, -0.1) is 0 Å². The standard InChI is InChI=1S/C14H18N2O3S2/c1-14(2,3)21(18)7-6-15-12(17)9-4-5-10-11(8-9)19-13(20)16-10/h4-5,8H,6-7H2,1-3H3,(H,15,17)(H,16,20). The normalized spacial score (nSPS) is 13.3. The Kier molecular flexibility index (Phi) is 4.63. The monoisotopic (exact) mass is 326 g/mol. The first-order valence-corrected chi connectivity index (χ1v) is 8.29. The molecule has 0 aliphatic carbocycles. The highest BCUT2D eigenvalue weighted by molar-refractivity contribution is 7.86. The molecule has 2 aromatic rings. The lowest BCUT2D eigenvalue weighted by molar-refractivity contribution is 0.0956. The molecule has 2 rings (SSSR count). The third kappa shape index (κ3) is 4.01. The van der Waals surface area contributed by atoms with Crippen molar-refractivity contribution in [2.45, 2.75) is 25.5 Å². The molecule has 5 nitrogen and oxygen atoms in total. The summed E-state index contributed by atoms with van der Waals surface area (Å²) in [7, 11) is -0.981. The van der Waals surface area contributed by atoms with Gasteiger partial charge in [-0.05, 0) is 51.2 Å². The number of fused-ring (bicyclic) bond motifs is 1. The van der Waals surface area contributed by atoms with Crippen molar-refractivity contribution in [2.24, 2.45) is 0 Å². The third-order valence-corrected chi connectivity index (χ3v) is 5.07. The molecule has 1 heterocycles. The van der Waals surface area contributed by atoms with Gasteiger partial charge in [0.15, 0.2) is 5.58 Å². The lowest BCUT2D eigenvalue weighted by Gasteiger charge is -2.17. The molecular formula is C14H18N2O3S2. The molecule has 2 N–H and O–H groups in total. The third-order valence-electron chi connectivity index (χ3n) is 2.94. The molecule has 1 unspecified atom stereocenters. The number of nitrogens with one attached hydrogen (secondary N) is 2. The van der Waals surface area contributed by atoms with E-state index in [1.165, 1.54) is 0 Å². The number of amides is 1. The molecule has 0 saturated heterocycles. The summed E-state index contributed by atoms with van der Waals surface area (Å²) < 4.78 is 16.9. The molecule has 1 amide bonds. The number of H-pyrrole nitrogens is 1. The quantitative estimate of drug-likeness (QED) is 0.847. The van der Waals surface area contributed by atoms with Crippen molar-refractivity contribution in [2.75, 3.05) is 12.3 Å². The average Bonchev–Trinajstić information content (AvgIpc) is 2.76. The highest BCUT2D eigenvalue weighted by Crippen LogP contribution is 2.15. The van der Waals surface area contributed by atoms with Crippen LogP contribution in [0.4, 0.5) is 0 Å². The van der Waals surface area contributed by atoms with Crippen LogP contribution in [-0.4, -0.2) is 32.1 Å². The topological polar surface area (TPSA) is 75.1 Å². The lowest BCUT2D eigenvalue weighted by atomic mass is 10.2. The Morgan fingerprint density at radius 1 is 1.43 bits per heavy atom. The van der Waals surface area contributed by atoms with Gasteiger partial charge < -0.3 is 14.7 Å². The van der Waals surface area contributed by atoms with E-state index in [4.69, 9.17) is 16.6 Å². The van der Waals surface area contributed by atoms with E-state index in [2.05, 4.69) is 10.3 Å². The van der Waals surface area contributed by atoms with Crippen LogP contribution in [-0.2, 0) is 10.8 Å². The van der Waals surface area contributed by atoms with E-state index in [9.17, 15) is 9.00 Å². The number of hydrogen-bond acceptors (Lipinski definition) is 4. The molecule has 0 radical (unpaired) electrons. The molecule has 0 aliphatic heterocycles. The SMILES string of the molecule is CC(C)(C)S(=O)CCNC(=O)c1ccc2[nH]c(=S)oc2c1. The Bertz CT molecular complexity index is 740. The van der Waals surface area contributed by atoms with Gasteiger partial charge in [0.1, 0.15) is 0 Å². The van der Waals surface area contributed by atoms with Gasteiger partial charge in [0.25, 0.3) is 10.7 Å². The maximum Gasteiger partial charge on any atom is 0.266 e. The van der Waals surface area contributed by atoms with Crippen LogP contribution in [0.25, 0.3) is 11.1 Å². The lowest BCUT2D eigenvalue weighted by Crippen LogP contribution is -2.32. The summed E-state index contributed by atoms with van der Waals surface area (Å²) >= 11 is 4.90. The number of oxazole rings is 1. The molecule has 1 aromatic heterocycles. The number of aromatic amines is 1. The minimum Gasteiger partial charge on any atom is -0.429 e. The van der Waals surface area contributed by atoms with Gasteiger partial charge >= 0.3 is 0 Å². The van der Waals surface area contributed by atoms with Crippen LogP contribution in [0.3, 0.4) is 0 Å². The Morgan fingerprint density at radius 3 is 2.81 bits per heavy atom. The van der Waals surface area contributed by atoms with Crippen molar-refractivity contribution in [1.29, 1.82) is 0 Å². The van der Waals surface area contributed by atoms with Crippen LogP contribution in [0.1, 0.15) is 31.1 Å². The van der Waals surface area contributed by atoms with E-state index in [0.717, 1.165) is 5.52 Å². The highest BCUT2D eigenvalue weighted by atomic mass is 32.2. The first-order valence-electron chi connectivity index (χ1n) is 6.57. The molecule has 0 fully saturated rings. The summed E-state index contributed by atoms with van der Waals surface area (Å²) in [5.74, 6) is 0.215. The fourth-order valence-corrected chi connectivity index (χ4v) is 2.85. The minimum absolute atomic E-state index is 0.217. The second-order valence-electron chi connectivity index (χ2n) is 5.64.